The van der Waals surface area contributed by atoms with E-state index in [4.69, 9.17) is 11.6 Å². The Morgan fingerprint density at radius 1 is 1.41 bits per heavy atom. The summed E-state index contributed by atoms with van der Waals surface area (Å²) in [7, 11) is -0.794. The minimum Gasteiger partial charge on any atom is -0.423 e. The van der Waals surface area contributed by atoms with Crippen LogP contribution >= 0.6 is 11.6 Å². The van der Waals surface area contributed by atoms with Crippen molar-refractivity contribution in [3.63, 3.8) is 0 Å². The number of benzene rings is 1. The van der Waals surface area contributed by atoms with Crippen LogP contribution in [0.1, 0.15) is 25.3 Å². The first-order chi connectivity index (χ1) is 14.6. The van der Waals surface area contributed by atoms with Gasteiger partial charge in [-0.25, -0.2) is 12.8 Å². The summed E-state index contributed by atoms with van der Waals surface area (Å²) in [4.78, 5) is 14.5. The Morgan fingerprint density at radius 3 is 2.72 bits per heavy atom. The van der Waals surface area contributed by atoms with Crippen LogP contribution in [0.5, 0.6) is 0 Å². The number of halogens is 2. The van der Waals surface area contributed by atoms with Crippen molar-refractivity contribution >= 4 is 39.2 Å². The summed E-state index contributed by atoms with van der Waals surface area (Å²) in [5.74, 6) is -0.573. The normalized spacial score (nSPS) is 16.8. The standard InChI is InChI=1S/C19H26ClFN6O3S.Na/c1-4-13-8-14(9-17(20)18(13)21)23-19(28)24-31(29,30)27(16-10-22-26(3)12-16)15-6-5-7-25(2)11-15;/h8-10,12,15H,4-7,11H2,1-3H3,(H2,23,24,28);/q;+1/p-1. The van der Waals surface area contributed by atoms with Crippen LogP contribution in [0.15, 0.2) is 24.5 Å². The number of piperidine rings is 1. The molecule has 1 aliphatic rings. The smallest absolute Gasteiger partial charge is 0.423 e. The first-order valence-electron chi connectivity index (χ1n) is 9.84. The van der Waals surface area contributed by atoms with Gasteiger partial charge in [0.2, 0.25) is 0 Å². The largest absolute Gasteiger partial charge is 1.00 e. The Hall–Kier alpha value is -1.37. The van der Waals surface area contributed by atoms with Gasteiger partial charge in [0.15, 0.2) is 6.03 Å². The fraction of sp³-hybridized carbons (Fsp3) is 0.474. The van der Waals surface area contributed by atoms with Gasteiger partial charge in [-0.1, -0.05) is 24.6 Å². The van der Waals surface area contributed by atoms with Gasteiger partial charge >= 0.3 is 29.6 Å². The number of nitrogens with one attached hydrogen (secondary N) is 1. The summed E-state index contributed by atoms with van der Waals surface area (Å²) in [6, 6.07) is 1.13. The van der Waals surface area contributed by atoms with Crippen LogP contribution in [0.3, 0.4) is 0 Å². The van der Waals surface area contributed by atoms with Crippen LogP contribution in [0, 0.1) is 5.82 Å². The van der Waals surface area contributed by atoms with Gasteiger partial charge in [-0.3, -0.25) is 13.8 Å². The van der Waals surface area contributed by atoms with Gasteiger partial charge in [0.1, 0.15) is 5.82 Å². The SMILES string of the molecule is CCc1cc(NC(=O)[N-]S(=O)(=O)N(c2cnn(C)c2)C2CCCN(C)C2)cc(Cl)c1F.[Na+]. The summed E-state index contributed by atoms with van der Waals surface area (Å²) < 4.78 is 46.3. The number of urea groups is 1. The van der Waals surface area contributed by atoms with Gasteiger partial charge in [0.25, 0.3) is 10.2 Å². The molecule has 1 atom stereocenters. The van der Waals surface area contributed by atoms with Crippen LogP contribution < -0.4 is 39.2 Å². The molecular formula is C19H25ClFN6NaO3S. The molecule has 1 aromatic heterocycles. The molecule has 13 heteroatoms. The molecule has 1 N–H and O–H groups in total. The van der Waals surface area contributed by atoms with Crippen molar-refractivity contribution in [3.05, 3.63) is 45.7 Å². The van der Waals surface area contributed by atoms with E-state index < -0.39 is 28.1 Å². The molecule has 0 spiro atoms. The van der Waals surface area contributed by atoms with Crippen molar-refractivity contribution in [1.29, 1.82) is 0 Å². The molecule has 1 saturated heterocycles. The van der Waals surface area contributed by atoms with Crippen LogP contribution in [0.2, 0.25) is 5.02 Å². The molecule has 1 aromatic carbocycles. The third-order valence-electron chi connectivity index (χ3n) is 5.06. The van der Waals surface area contributed by atoms with Crippen molar-refractivity contribution in [2.24, 2.45) is 7.05 Å². The number of carbonyl (C=O) groups is 1. The number of amides is 2. The van der Waals surface area contributed by atoms with Crippen molar-refractivity contribution in [2.75, 3.05) is 29.8 Å². The zero-order valence-electron chi connectivity index (χ0n) is 18.5. The van der Waals surface area contributed by atoms with Crippen molar-refractivity contribution < 1.29 is 47.2 Å². The zero-order valence-corrected chi connectivity index (χ0v) is 22.1. The van der Waals surface area contributed by atoms with E-state index in [1.165, 1.54) is 23.0 Å². The molecule has 3 rings (SSSR count). The van der Waals surface area contributed by atoms with Crippen LogP contribution in [-0.4, -0.2) is 55.3 Å². The summed E-state index contributed by atoms with van der Waals surface area (Å²) >= 11 is 5.87. The van der Waals surface area contributed by atoms with E-state index in [0.29, 0.717) is 30.6 Å². The number of rotatable bonds is 6. The number of hydrogen-bond donors (Lipinski definition) is 1. The topological polar surface area (TPSA) is 102 Å². The quantitative estimate of drug-likeness (QED) is 0.590. The Balaban J connectivity index is 0.00000363. The molecule has 170 valence electrons. The summed E-state index contributed by atoms with van der Waals surface area (Å²) in [5, 5.41) is 6.26. The number of likely N-dealkylation sites (tertiary alicyclic amines) is 1. The van der Waals surface area contributed by atoms with Crippen molar-refractivity contribution in [1.82, 2.24) is 14.7 Å². The molecule has 0 saturated carbocycles. The number of carbonyl (C=O) groups excluding carboxylic acids is 1. The minimum atomic E-state index is -4.38. The zero-order chi connectivity index (χ0) is 22.8. The maximum Gasteiger partial charge on any atom is 1.00 e. The van der Waals surface area contributed by atoms with Gasteiger partial charge in [-0.15, -0.1) is 0 Å². The fourth-order valence-electron chi connectivity index (χ4n) is 3.66. The average Bonchev–Trinajstić information content (AvgIpc) is 3.09. The number of likely N-dealkylation sites (N-methyl/N-ethyl adjacent to an activating group) is 1. The Morgan fingerprint density at radius 2 is 2.12 bits per heavy atom. The molecule has 9 nitrogen and oxygen atoms in total. The molecule has 0 bridgehead atoms. The molecule has 2 amide bonds. The Bertz CT molecular complexity index is 1070. The molecule has 2 heterocycles. The predicted octanol–water partition coefficient (Wildman–Crippen LogP) is 0.530. The average molecular weight is 495 g/mol. The Kier molecular flexibility index (Phi) is 9.38. The minimum absolute atomic E-state index is 0. The summed E-state index contributed by atoms with van der Waals surface area (Å²) in [6.45, 7) is 3.10. The number of anilines is 2. The molecule has 0 aliphatic carbocycles. The molecule has 1 fully saturated rings. The predicted molar refractivity (Wildman–Crippen MR) is 118 cm³/mol. The maximum absolute atomic E-state index is 13.9. The number of nitrogens with zero attached hydrogens (tertiary/aromatic N) is 5. The van der Waals surface area contributed by atoms with Crippen molar-refractivity contribution in [3.8, 4) is 0 Å². The molecule has 0 radical (unpaired) electrons. The Labute approximate surface area is 214 Å². The second-order valence-corrected chi connectivity index (χ2v) is 9.39. The third-order valence-corrected chi connectivity index (χ3v) is 6.74. The van der Waals surface area contributed by atoms with Gasteiger partial charge in [0, 0.05) is 19.8 Å². The van der Waals surface area contributed by atoms with E-state index in [1.807, 2.05) is 11.9 Å². The number of aryl methyl sites for hydroxylation is 2. The first kappa shape index (κ1) is 26.9. The third kappa shape index (κ3) is 6.36. The monoisotopic (exact) mass is 494 g/mol. The summed E-state index contributed by atoms with van der Waals surface area (Å²) in [6.07, 6.45) is 4.78. The van der Waals surface area contributed by atoms with Crippen LogP contribution in [-0.2, 0) is 23.7 Å². The maximum atomic E-state index is 13.9. The second kappa shape index (κ2) is 11.2. The van der Waals surface area contributed by atoms with Gasteiger partial charge < -0.3 is 14.9 Å². The van der Waals surface area contributed by atoms with Gasteiger partial charge in [0.05, 0.1) is 22.9 Å². The van der Waals surface area contributed by atoms with Crippen LogP contribution in [0.25, 0.3) is 4.72 Å². The van der Waals surface area contributed by atoms with E-state index >= 15 is 0 Å². The second-order valence-electron chi connectivity index (χ2n) is 7.51. The van der Waals surface area contributed by atoms with E-state index in [1.54, 1.807) is 20.2 Å². The first-order valence-corrected chi connectivity index (χ1v) is 11.6. The van der Waals surface area contributed by atoms with E-state index in [9.17, 15) is 17.6 Å². The number of aromatic nitrogens is 2. The van der Waals surface area contributed by atoms with Gasteiger partial charge in [-0.05, 0) is 50.2 Å². The number of hydrogen-bond acceptors (Lipinski definition) is 5. The fourth-order valence-corrected chi connectivity index (χ4v) is 5.15. The van der Waals surface area contributed by atoms with E-state index in [2.05, 4.69) is 15.1 Å². The van der Waals surface area contributed by atoms with Crippen molar-refractivity contribution in [2.45, 2.75) is 32.2 Å². The van der Waals surface area contributed by atoms with Gasteiger partial charge in [-0.2, -0.15) is 5.10 Å². The molecule has 2 aromatic rings. The van der Waals surface area contributed by atoms with Crippen LogP contribution in [0.4, 0.5) is 20.6 Å². The molecule has 1 aliphatic heterocycles. The molecule has 32 heavy (non-hydrogen) atoms. The summed E-state index contributed by atoms with van der Waals surface area (Å²) in [5.41, 5.74) is 0.794. The molecule has 1 unspecified atom stereocenters. The van der Waals surface area contributed by atoms with E-state index in [-0.39, 0.29) is 40.3 Å². The molecular weight excluding hydrogens is 470 g/mol. The van der Waals surface area contributed by atoms with E-state index in [0.717, 1.165) is 17.3 Å².